The van der Waals surface area contributed by atoms with Gasteiger partial charge in [-0.25, -0.2) is 9.78 Å². The monoisotopic (exact) mass is 344 g/mol. The van der Waals surface area contributed by atoms with Gasteiger partial charge in [0.2, 0.25) is 0 Å². The van der Waals surface area contributed by atoms with Crippen LogP contribution in [-0.4, -0.2) is 53.5 Å². The number of rotatable bonds is 3. The highest BCUT2D eigenvalue weighted by molar-refractivity contribution is 7.16. The Morgan fingerprint density at radius 2 is 2.12 bits per heavy atom. The molecule has 0 aliphatic carbocycles. The molecule has 24 heavy (non-hydrogen) atoms. The predicted octanol–water partition coefficient (Wildman–Crippen LogP) is 3.64. The third-order valence-electron chi connectivity index (χ3n) is 5.12. The average Bonchev–Trinajstić information content (AvgIpc) is 3.24. The van der Waals surface area contributed by atoms with Crippen LogP contribution < -0.4 is 5.32 Å². The lowest BCUT2D eigenvalue weighted by atomic mass is 10.1. The summed E-state index contributed by atoms with van der Waals surface area (Å²) in [5, 5.41) is 3.04. The summed E-state index contributed by atoms with van der Waals surface area (Å²) >= 11 is 1.60. The van der Waals surface area contributed by atoms with Gasteiger partial charge in [-0.15, -0.1) is 11.3 Å². The van der Waals surface area contributed by atoms with E-state index in [4.69, 9.17) is 0 Å². The minimum absolute atomic E-state index is 0.0278. The number of amides is 2. The Labute approximate surface area is 146 Å². The standard InChI is InChI=1S/C18H24N4OS/c23-18(20-15-4-5-16-17(10-15)24-13-19-16)22-9-6-14(12-22)11-21-7-2-1-3-8-21/h4-5,10,13-14H,1-3,6-9,11-12H2,(H,20,23). The number of carbonyl (C=O) groups excluding carboxylic acids is 1. The molecule has 3 heterocycles. The van der Waals surface area contributed by atoms with Crippen LogP contribution in [-0.2, 0) is 0 Å². The highest BCUT2D eigenvalue weighted by Gasteiger charge is 2.28. The van der Waals surface area contributed by atoms with Crippen molar-refractivity contribution < 1.29 is 4.79 Å². The molecule has 5 nitrogen and oxygen atoms in total. The van der Waals surface area contributed by atoms with E-state index in [0.29, 0.717) is 5.92 Å². The van der Waals surface area contributed by atoms with Crippen molar-refractivity contribution in [1.82, 2.24) is 14.8 Å². The lowest BCUT2D eigenvalue weighted by Crippen LogP contribution is -2.37. The Hall–Kier alpha value is -1.66. The lowest BCUT2D eigenvalue weighted by molar-refractivity contribution is 0.192. The van der Waals surface area contributed by atoms with E-state index < -0.39 is 0 Å². The quantitative estimate of drug-likeness (QED) is 0.925. The van der Waals surface area contributed by atoms with Crippen molar-refractivity contribution in [2.24, 2.45) is 5.92 Å². The van der Waals surface area contributed by atoms with Crippen molar-refractivity contribution in [3.8, 4) is 0 Å². The SMILES string of the molecule is O=C(Nc1ccc2ncsc2c1)N1CCC(CN2CCCCC2)C1. The van der Waals surface area contributed by atoms with E-state index in [1.807, 2.05) is 28.6 Å². The van der Waals surface area contributed by atoms with Crippen LogP contribution in [0.1, 0.15) is 25.7 Å². The van der Waals surface area contributed by atoms with E-state index in [1.165, 1.54) is 32.4 Å². The number of nitrogens with zero attached hydrogens (tertiary/aromatic N) is 3. The maximum absolute atomic E-state index is 12.5. The van der Waals surface area contributed by atoms with Crippen molar-refractivity contribution in [1.29, 1.82) is 0 Å². The first-order chi connectivity index (χ1) is 11.8. The Balaban J connectivity index is 1.31. The van der Waals surface area contributed by atoms with Gasteiger partial charge in [0.15, 0.2) is 0 Å². The molecule has 0 radical (unpaired) electrons. The predicted molar refractivity (Wildman–Crippen MR) is 98.6 cm³/mol. The summed E-state index contributed by atoms with van der Waals surface area (Å²) in [6.07, 6.45) is 5.16. The second-order valence-corrected chi connectivity index (χ2v) is 7.81. The summed E-state index contributed by atoms with van der Waals surface area (Å²) in [7, 11) is 0. The number of benzene rings is 1. The molecule has 1 unspecified atom stereocenters. The zero-order valence-electron chi connectivity index (χ0n) is 13.9. The number of carbonyl (C=O) groups is 1. The van der Waals surface area contributed by atoms with Gasteiger partial charge in [0.25, 0.3) is 0 Å². The fourth-order valence-corrected chi connectivity index (χ4v) is 4.52. The van der Waals surface area contributed by atoms with E-state index >= 15 is 0 Å². The summed E-state index contributed by atoms with van der Waals surface area (Å²) in [6, 6.07) is 5.93. The molecule has 128 valence electrons. The van der Waals surface area contributed by atoms with Crippen LogP contribution in [0.3, 0.4) is 0 Å². The third kappa shape index (κ3) is 3.54. The third-order valence-corrected chi connectivity index (χ3v) is 5.91. The molecule has 2 amide bonds. The van der Waals surface area contributed by atoms with Crippen molar-refractivity contribution >= 4 is 33.3 Å². The van der Waals surface area contributed by atoms with Gasteiger partial charge in [-0.1, -0.05) is 6.42 Å². The summed E-state index contributed by atoms with van der Waals surface area (Å²) in [5.41, 5.74) is 3.68. The molecule has 4 rings (SSSR count). The number of likely N-dealkylation sites (tertiary alicyclic amines) is 2. The van der Waals surface area contributed by atoms with E-state index in [0.717, 1.165) is 42.0 Å². The maximum atomic E-state index is 12.5. The zero-order chi connectivity index (χ0) is 16.4. The highest BCUT2D eigenvalue weighted by atomic mass is 32.1. The van der Waals surface area contributed by atoms with Crippen LogP contribution in [0.15, 0.2) is 23.7 Å². The molecular formula is C18H24N4OS. The van der Waals surface area contributed by atoms with E-state index in [2.05, 4.69) is 15.2 Å². The number of nitrogens with one attached hydrogen (secondary N) is 1. The van der Waals surface area contributed by atoms with E-state index in [1.54, 1.807) is 11.3 Å². The molecule has 2 aliphatic rings. The molecule has 2 aromatic rings. The molecule has 2 fully saturated rings. The second-order valence-electron chi connectivity index (χ2n) is 6.93. The van der Waals surface area contributed by atoms with Crippen LogP contribution in [0.5, 0.6) is 0 Å². The first-order valence-electron chi connectivity index (χ1n) is 8.89. The smallest absolute Gasteiger partial charge is 0.321 e. The summed E-state index contributed by atoms with van der Waals surface area (Å²) in [5.74, 6) is 0.623. The minimum Gasteiger partial charge on any atom is -0.324 e. The molecule has 1 N–H and O–H groups in total. The summed E-state index contributed by atoms with van der Waals surface area (Å²) in [6.45, 7) is 5.37. The Morgan fingerprint density at radius 3 is 3.00 bits per heavy atom. The number of hydrogen-bond acceptors (Lipinski definition) is 4. The fourth-order valence-electron chi connectivity index (χ4n) is 3.81. The Bertz CT molecular complexity index is 710. The normalized spacial score (nSPS) is 22.2. The lowest BCUT2D eigenvalue weighted by Gasteiger charge is -2.29. The summed E-state index contributed by atoms with van der Waals surface area (Å²) < 4.78 is 1.11. The first kappa shape index (κ1) is 15.8. The highest BCUT2D eigenvalue weighted by Crippen LogP contribution is 2.24. The van der Waals surface area contributed by atoms with Crippen LogP contribution >= 0.6 is 11.3 Å². The van der Waals surface area contributed by atoms with Crippen LogP contribution in [0.4, 0.5) is 10.5 Å². The topological polar surface area (TPSA) is 48.5 Å². The van der Waals surface area contributed by atoms with Gasteiger partial charge in [0.1, 0.15) is 0 Å². The van der Waals surface area contributed by atoms with Crippen LogP contribution in [0, 0.1) is 5.92 Å². The number of thiazole rings is 1. The number of anilines is 1. The molecule has 6 heteroatoms. The molecular weight excluding hydrogens is 320 g/mol. The molecule has 1 aromatic carbocycles. The van der Waals surface area contributed by atoms with Gasteiger partial charge in [0.05, 0.1) is 15.7 Å². The minimum atomic E-state index is 0.0278. The number of hydrogen-bond donors (Lipinski definition) is 1. The van der Waals surface area contributed by atoms with Gasteiger partial charge in [-0.3, -0.25) is 0 Å². The maximum Gasteiger partial charge on any atom is 0.321 e. The average molecular weight is 344 g/mol. The van der Waals surface area contributed by atoms with Crippen molar-refractivity contribution in [3.05, 3.63) is 23.7 Å². The number of urea groups is 1. The molecule has 1 aromatic heterocycles. The first-order valence-corrected chi connectivity index (χ1v) is 9.77. The summed E-state index contributed by atoms with van der Waals surface area (Å²) in [4.78, 5) is 21.3. The van der Waals surface area contributed by atoms with E-state index in [9.17, 15) is 4.79 Å². The van der Waals surface area contributed by atoms with Crippen molar-refractivity contribution in [2.45, 2.75) is 25.7 Å². The van der Waals surface area contributed by atoms with Gasteiger partial charge >= 0.3 is 6.03 Å². The number of aromatic nitrogens is 1. The fraction of sp³-hybridized carbons (Fsp3) is 0.556. The van der Waals surface area contributed by atoms with Crippen LogP contribution in [0.25, 0.3) is 10.2 Å². The molecule has 0 saturated carbocycles. The second kappa shape index (κ2) is 7.07. The van der Waals surface area contributed by atoms with Gasteiger partial charge in [-0.2, -0.15) is 0 Å². The Morgan fingerprint density at radius 1 is 1.25 bits per heavy atom. The number of fused-ring (bicyclic) bond motifs is 1. The van der Waals surface area contributed by atoms with Crippen molar-refractivity contribution in [2.75, 3.05) is 38.0 Å². The number of piperidine rings is 1. The molecule has 2 saturated heterocycles. The van der Waals surface area contributed by atoms with Crippen molar-refractivity contribution in [3.63, 3.8) is 0 Å². The van der Waals surface area contributed by atoms with Gasteiger partial charge in [-0.05, 0) is 56.5 Å². The zero-order valence-corrected chi connectivity index (χ0v) is 14.7. The Kier molecular flexibility index (Phi) is 4.67. The van der Waals surface area contributed by atoms with Gasteiger partial charge < -0.3 is 15.1 Å². The molecule has 0 bridgehead atoms. The largest absolute Gasteiger partial charge is 0.324 e. The molecule has 2 aliphatic heterocycles. The van der Waals surface area contributed by atoms with Gasteiger partial charge in [0, 0.05) is 25.3 Å². The van der Waals surface area contributed by atoms with E-state index in [-0.39, 0.29) is 6.03 Å². The molecule has 1 atom stereocenters. The molecule has 0 spiro atoms. The van der Waals surface area contributed by atoms with Crippen LogP contribution in [0.2, 0.25) is 0 Å².